The summed E-state index contributed by atoms with van der Waals surface area (Å²) in [4.78, 5) is 44.7. The number of nitrogens with one attached hydrogen (secondary N) is 2. The summed E-state index contributed by atoms with van der Waals surface area (Å²) in [5.41, 5.74) is 2.57. The number of amides is 3. The third kappa shape index (κ3) is 6.47. The normalized spacial score (nSPS) is 15.1. The van der Waals surface area contributed by atoms with Gasteiger partial charge in [0.1, 0.15) is 0 Å². The van der Waals surface area contributed by atoms with Gasteiger partial charge in [-0.3, -0.25) is 14.9 Å². The summed E-state index contributed by atoms with van der Waals surface area (Å²) in [5.74, 6) is -1.14. The molecule has 9 heteroatoms. The van der Waals surface area contributed by atoms with Gasteiger partial charge in [-0.2, -0.15) is 0 Å². The average Bonchev–Trinajstić information content (AvgIpc) is 3.13. The second kappa shape index (κ2) is 10.4. The summed E-state index contributed by atoms with van der Waals surface area (Å²) in [6.07, 6.45) is 5.41. The minimum Gasteiger partial charge on any atom is -0.453 e. The first-order valence-electron chi connectivity index (χ1n) is 9.49. The van der Waals surface area contributed by atoms with E-state index in [9.17, 15) is 14.4 Å². The number of thioether (sulfide) groups is 1. The van der Waals surface area contributed by atoms with Crippen molar-refractivity contribution in [3.63, 3.8) is 0 Å². The average molecular weight is 409 g/mol. The molecular formula is C19H28N4O4S. The molecule has 2 N–H and O–H groups in total. The van der Waals surface area contributed by atoms with Crippen molar-refractivity contribution >= 4 is 29.7 Å². The molecule has 28 heavy (non-hydrogen) atoms. The van der Waals surface area contributed by atoms with Crippen LogP contribution in [0.1, 0.15) is 56.0 Å². The van der Waals surface area contributed by atoms with Crippen LogP contribution in [0.3, 0.4) is 0 Å². The fourth-order valence-electron chi connectivity index (χ4n) is 3.20. The molecule has 1 aliphatic rings. The molecule has 0 radical (unpaired) electrons. The lowest BCUT2D eigenvalue weighted by atomic mass is 10.1. The number of urea groups is 1. The number of aryl methyl sites for hydroxylation is 2. The summed E-state index contributed by atoms with van der Waals surface area (Å²) >= 11 is 1.47. The molecule has 0 aliphatic heterocycles. The summed E-state index contributed by atoms with van der Waals surface area (Å²) in [7, 11) is 0. The number of nitrogens with zero attached hydrogens (tertiary/aromatic N) is 2. The van der Waals surface area contributed by atoms with Crippen LogP contribution in [0, 0.1) is 13.8 Å². The zero-order valence-electron chi connectivity index (χ0n) is 16.8. The Morgan fingerprint density at radius 1 is 1.18 bits per heavy atom. The molecule has 0 saturated heterocycles. The number of carbonyl (C=O) groups excluding carboxylic acids is 3. The van der Waals surface area contributed by atoms with Crippen molar-refractivity contribution in [3.05, 3.63) is 17.0 Å². The van der Waals surface area contributed by atoms with E-state index in [1.807, 2.05) is 20.1 Å². The van der Waals surface area contributed by atoms with Crippen molar-refractivity contribution in [2.45, 2.75) is 76.6 Å². The fraction of sp³-hybridized carbons (Fsp3) is 0.632. The van der Waals surface area contributed by atoms with Crippen LogP contribution < -0.4 is 10.6 Å². The predicted octanol–water partition coefficient (Wildman–Crippen LogP) is 2.45. The lowest BCUT2D eigenvalue weighted by molar-refractivity contribution is -0.154. The predicted molar refractivity (Wildman–Crippen MR) is 106 cm³/mol. The smallest absolute Gasteiger partial charge is 0.321 e. The number of imide groups is 1. The monoisotopic (exact) mass is 408 g/mol. The van der Waals surface area contributed by atoms with Crippen molar-refractivity contribution < 1.29 is 19.1 Å². The number of hydrogen-bond donors (Lipinski definition) is 2. The minimum absolute atomic E-state index is 0.107. The Morgan fingerprint density at radius 2 is 1.79 bits per heavy atom. The number of rotatable bonds is 7. The van der Waals surface area contributed by atoms with Crippen LogP contribution in [0.5, 0.6) is 0 Å². The highest BCUT2D eigenvalue weighted by molar-refractivity contribution is 7.98. The highest BCUT2D eigenvalue weighted by Gasteiger charge is 2.23. The molecule has 3 amide bonds. The molecule has 0 aromatic carbocycles. The van der Waals surface area contributed by atoms with Crippen LogP contribution in [0.15, 0.2) is 5.16 Å². The molecule has 1 aliphatic carbocycles. The van der Waals surface area contributed by atoms with E-state index in [1.165, 1.54) is 18.7 Å². The quantitative estimate of drug-likeness (QED) is 0.405. The number of carbonyl (C=O) groups is 3. The number of esters is 1. The third-order valence-corrected chi connectivity index (χ3v) is 5.31. The first kappa shape index (κ1) is 22.1. The van der Waals surface area contributed by atoms with Gasteiger partial charge in [0, 0.05) is 23.9 Å². The van der Waals surface area contributed by atoms with Crippen molar-refractivity contribution in [2.75, 3.05) is 6.26 Å². The molecule has 1 aromatic heterocycles. The number of aromatic nitrogens is 2. The largest absolute Gasteiger partial charge is 0.453 e. The molecule has 0 spiro atoms. The summed E-state index contributed by atoms with van der Waals surface area (Å²) in [6.45, 7) is 5.21. The molecule has 1 saturated carbocycles. The number of ether oxygens (including phenoxy) is 1. The Kier molecular flexibility index (Phi) is 8.22. The van der Waals surface area contributed by atoms with Gasteiger partial charge in [0.15, 0.2) is 11.3 Å². The zero-order chi connectivity index (χ0) is 20.7. The van der Waals surface area contributed by atoms with Crippen molar-refractivity contribution in [1.82, 2.24) is 20.6 Å². The van der Waals surface area contributed by atoms with Crippen molar-refractivity contribution in [2.24, 2.45) is 0 Å². The molecule has 1 atom stereocenters. The molecule has 0 bridgehead atoms. The van der Waals surface area contributed by atoms with Crippen molar-refractivity contribution in [1.29, 1.82) is 0 Å². The van der Waals surface area contributed by atoms with E-state index in [0.717, 1.165) is 42.6 Å². The molecule has 1 aromatic rings. The van der Waals surface area contributed by atoms with E-state index < -0.39 is 24.0 Å². The Morgan fingerprint density at radius 3 is 2.36 bits per heavy atom. The SMILES string of the molecule is CSc1nc(C)c(CCC(=O)O[C@@H](C)C(=O)NC(=O)NC2CCCC2)c(C)n1. The van der Waals surface area contributed by atoms with Gasteiger partial charge >= 0.3 is 12.0 Å². The Labute approximate surface area is 169 Å². The van der Waals surface area contributed by atoms with Crippen LogP contribution >= 0.6 is 11.8 Å². The molecule has 154 valence electrons. The first-order chi connectivity index (χ1) is 13.3. The van der Waals surface area contributed by atoms with Crippen LogP contribution in [0.2, 0.25) is 0 Å². The highest BCUT2D eigenvalue weighted by Crippen LogP contribution is 2.18. The van der Waals surface area contributed by atoms with E-state index in [-0.39, 0.29) is 12.5 Å². The highest BCUT2D eigenvalue weighted by atomic mass is 32.2. The third-order valence-electron chi connectivity index (χ3n) is 4.77. The van der Waals surface area contributed by atoms with Crippen molar-refractivity contribution in [3.8, 4) is 0 Å². The van der Waals surface area contributed by atoms with Crippen LogP contribution in [-0.2, 0) is 20.7 Å². The van der Waals surface area contributed by atoms with Crippen LogP contribution in [-0.4, -0.2) is 46.3 Å². The van der Waals surface area contributed by atoms with Crippen LogP contribution in [0.4, 0.5) is 4.79 Å². The van der Waals surface area contributed by atoms with Gasteiger partial charge < -0.3 is 10.1 Å². The van der Waals surface area contributed by atoms with E-state index in [2.05, 4.69) is 20.6 Å². The molecule has 1 fully saturated rings. The maximum Gasteiger partial charge on any atom is 0.321 e. The standard InChI is InChI=1S/C19H28N4O4S/c1-11-15(12(2)21-19(20-11)28-4)9-10-16(24)27-13(3)17(25)23-18(26)22-14-7-5-6-8-14/h13-14H,5-10H2,1-4H3,(H2,22,23,25,26)/t13-/m0/s1. The minimum atomic E-state index is -1.04. The lowest BCUT2D eigenvalue weighted by Crippen LogP contribution is -2.47. The summed E-state index contributed by atoms with van der Waals surface area (Å²) in [5, 5.41) is 5.68. The van der Waals surface area contributed by atoms with Gasteiger partial charge in [0.2, 0.25) is 0 Å². The summed E-state index contributed by atoms with van der Waals surface area (Å²) in [6, 6.07) is -0.436. The second-order valence-corrected chi connectivity index (χ2v) is 7.71. The second-order valence-electron chi connectivity index (χ2n) is 6.94. The Balaban J connectivity index is 1.78. The first-order valence-corrected chi connectivity index (χ1v) is 10.7. The molecular weight excluding hydrogens is 380 g/mol. The lowest BCUT2D eigenvalue weighted by Gasteiger charge is -2.16. The van der Waals surface area contributed by atoms with E-state index in [1.54, 1.807) is 0 Å². The van der Waals surface area contributed by atoms with Gasteiger partial charge in [-0.1, -0.05) is 24.6 Å². The maximum atomic E-state index is 12.1. The van der Waals surface area contributed by atoms with E-state index in [4.69, 9.17) is 4.74 Å². The number of hydrogen-bond acceptors (Lipinski definition) is 7. The van der Waals surface area contributed by atoms with Gasteiger partial charge in [-0.25, -0.2) is 14.8 Å². The van der Waals surface area contributed by atoms with Gasteiger partial charge in [-0.05, 0) is 51.9 Å². The zero-order valence-corrected chi connectivity index (χ0v) is 17.6. The molecule has 0 unspecified atom stereocenters. The maximum absolute atomic E-state index is 12.1. The molecule has 2 rings (SSSR count). The topological polar surface area (TPSA) is 110 Å². The summed E-state index contributed by atoms with van der Waals surface area (Å²) < 4.78 is 5.15. The van der Waals surface area contributed by atoms with E-state index >= 15 is 0 Å². The Hall–Kier alpha value is -2.16. The van der Waals surface area contributed by atoms with Gasteiger partial charge in [-0.15, -0.1) is 0 Å². The molecule has 1 heterocycles. The molecule has 8 nitrogen and oxygen atoms in total. The fourth-order valence-corrected chi connectivity index (χ4v) is 3.66. The Bertz CT molecular complexity index is 712. The van der Waals surface area contributed by atoms with Gasteiger partial charge in [0.25, 0.3) is 5.91 Å². The van der Waals surface area contributed by atoms with E-state index in [0.29, 0.717) is 11.6 Å². The van der Waals surface area contributed by atoms with Crippen LogP contribution in [0.25, 0.3) is 0 Å². The van der Waals surface area contributed by atoms with Gasteiger partial charge in [0.05, 0.1) is 0 Å².